The van der Waals surface area contributed by atoms with E-state index in [9.17, 15) is 0 Å². The van der Waals surface area contributed by atoms with Gasteiger partial charge >= 0.3 is 0 Å². The molecule has 0 radical (unpaired) electrons. The van der Waals surface area contributed by atoms with Crippen LogP contribution in [-0.2, 0) is 6.42 Å². The quantitative estimate of drug-likeness (QED) is 0.805. The monoisotopic (exact) mass is 303 g/mol. The zero-order chi connectivity index (χ0) is 10.6. The molecule has 0 unspecified atom stereocenters. The van der Waals surface area contributed by atoms with Gasteiger partial charge in [-0.2, -0.15) is 5.26 Å². The minimum Gasteiger partial charge on any atom is -0.496 e. The van der Waals surface area contributed by atoms with Crippen molar-refractivity contribution in [1.82, 2.24) is 0 Å². The van der Waals surface area contributed by atoms with Crippen LogP contribution in [0.1, 0.15) is 5.56 Å². The third-order valence-corrected chi connectivity index (χ3v) is 2.45. The lowest BCUT2D eigenvalue weighted by Crippen LogP contribution is -1.97. The van der Waals surface area contributed by atoms with Crippen LogP contribution in [-0.4, -0.2) is 14.2 Å². The molecule has 1 aromatic carbocycles. The number of benzene rings is 1. The van der Waals surface area contributed by atoms with Gasteiger partial charge in [-0.1, -0.05) is 0 Å². The van der Waals surface area contributed by atoms with Gasteiger partial charge in [0.25, 0.3) is 0 Å². The first-order valence-corrected chi connectivity index (χ1v) is 5.08. The van der Waals surface area contributed by atoms with Gasteiger partial charge in [-0.25, -0.2) is 0 Å². The molecule has 0 spiro atoms. The van der Waals surface area contributed by atoms with Crippen molar-refractivity contribution in [2.75, 3.05) is 14.2 Å². The summed E-state index contributed by atoms with van der Waals surface area (Å²) in [5, 5.41) is 8.67. The molecule has 0 aliphatic carbocycles. The number of hydrogen-bond donors (Lipinski definition) is 0. The molecule has 4 heteroatoms. The van der Waals surface area contributed by atoms with E-state index in [2.05, 4.69) is 28.7 Å². The van der Waals surface area contributed by atoms with Gasteiger partial charge in [-0.15, -0.1) is 0 Å². The van der Waals surface area contributed by atoms with Crippen LogP contribution in [0.2, 0.25) is 0 Å². The molecule has 0 N–H and O–H groups in total. The summed E-state index contributed by atoms with van der Waals surface area (Å²) in [5.41, 5.74) is 0.804. The number of nitrogens with zero attached hydrogens (tertiary/aromatic N) is 1. The predicted octanol–water partition coefficient (Wildman–Crippen LogP) is 2.37. The second kappa shape index (κ2) is 5.05. The van der Waals surface area contributed by atoms with Crippen LogP contribution in [0, 0.1) is 14.9 Å². The molecule has 14 heavy (non-hydrogen) atoms. The van der Waals surface area contributed by atoms with E-state index in [1.54, 1.807) is 14.2 Å². The first kappa shape index (κ1) is 11.1. The number of nitriles is 1. The van der Waals surface area contributed by atoms with Gasteiger partial charge in [0, 0.05) is 3.57 Å². The summed E-state index contributed by atoms with van der Waals surface area (Å²) in [4.78, 5) is 0. The lowest BCUT2D eigenvalue weighted by atomic mass is 10.1. The third-order valence-electron chi connectivity index (χ3n) is 1.83. The van der Waals surface area contributed by atoms with Crippen molar-refractivity contribution in [3.05, 3.63) is 21.3 Å². The number of halogens is 1. The fraction of sp³-hybridized carbons (Fsp3) is 0.300. The Morgan fingerprint density at radius 1 is 1.29 bits per heavy atom. The number of hydrogen-bond acceptors (Lipinski definition) is 3. The van der Waals surface area contributed by atoms with Crippen LogP contribution in [0.25, 0.3) is 0 Å². The zero-order valence-corrected chi connectivity index (χ0v) is 10.2. The molecule has 0 heterocycles. The smallest absolute Gasteiger partial charge is 0.127 e. The first-order valence-electron chi connectivity index (χ1n) is 4.00. The lowest BCUT2D eigenvalue weighted by Gasteiger charge is -2.11. The molecule has 0 fully saturated rings. The molecule has 0 aliphatic rings. The van der Waals surface area contributed by atoms with Gasteiger partial charge in [0.05, 0.1) is 32.3 Å². The Morgan fingerprint density at radius 3 is 2.14 bits per heavy atom. The van der Waals surface area contributed by atoms with Crippen molar-refractivity contribution in [2.24, 2.45) is 0 Å². The van der Waals surface area contributed by atoms with Gasteiger partial charge in [-0.3, -0.25) is 0 Å². The molecule has 3 nitrogen and oxygen atoms in total. The van der Waals surface area contributed by atoms with Crippen LogP contribution in [0.3, 0.4) is 0 Å². The molecule has 0 aromatic heterocycles. The maximum Gasteiger partial charge on any atom is 0.127 e. The van der Waals surface area contributed by atoms with Crippen LogP contribution in [0.4, 0.5) is 0 Å². The van der Waals surface area contributed by atoms with Crippen molar-refractivity contribution < 1.29 is 9.47 Å². The van der Waals surface area contributed by atoms with Crippen molar-refractivity contribution in [2.45, 2.75) is 6.42 Å². The molecule has 0 saturated heterocycles. The Kier molecular flexibility index (Phi) is 4.01. The summed E-state index contributed by atoms with van der Waals surface area (Å²) in [6.07, 6.45) is 0.295. The maximum absolute atomic E-state index is 8.67. The van der Waals surface area contributed by atoms with E-state index in [1.807, 2.05) is 12.1 Å². The third kappa shape index (κ3) is 2.29. The summed E-state index contributed by atoms with van der Waals surface area (Å²) in [5.74, 6) is 1.41. The van der Waals surface area contributed by atoms with E-state index < -0.39 is 0 Å². The normalized spacial score (nSPS) is 9.29. The Hall–Kier alpha value is -0.960. The standard InChI is InChI=1S/C10H10INO2/c1-13-9-5-7(11)6-10(14-2)8(9)3-4-12/h5-6H,3H2,1-2H3. The second-order valence-electron chi connectivity index (χ2n) is 2.62. The molecule has 1 rings (SSSR count). The van der Waals surface area contributed by atoms with Crippen molar-refractivity contribution in [3.8, 4) is 17.6 Å². The van der Waals surface area contributed by atoms with Gasteiger partial charge < -0.3 is 9.47 Å². The Morgan fingerprint density at radius 2 is 1.79 bits per heavy atom. The van der Waals surface area contributed by atoms with Crippen LogP contribution in [0.15, 0.2) is 12.1 Å². The zero-order valence-electron chi connectivity index (χ0n) is 8.00. The summed E-state index contributed by atoms with van der Waals surface area (Å²) in [6, 6.07) is 5.86. The number of ether oxygens (including phenoxy) is 2. The lowest BCUT2D eigenvalue weighted by molar-refractivity contribution is 0.386. The summed E-state index contributed by atoms with van der Waals surface area (Å²) in [6.45, 7) is 0. The molecule has 0 bridgehead atoms. The van der Waals surface area contributed by atoms with Gasteiger partial charge in [-0.05, 0) is 34.7 Å². The topological polar surface area (TPSA) is 42.2 Å². The van der Waals surface area contributed by atoms with Crippen molar-refractivity contribution in [3.63, 3.8) is 0 Å². The second-order valence-corrected chi connectivity index (χ2v) is 3.87. The largest absolute Gasteiger partial charge is 0.496 e. The molecule has 0 amide bonds. The highest BCUT2D eigenvalue weighted by Gasteiger charge is 2.10. The highest BCUT2D eigenvalue weighted by Crippen LogP contribution is 2.31. The molecule has 0 atom stereocenters. The fourth-order valence-corrected chi connectivity index (χ4v) is 1.77. The Bertz CT molecular complexity index is 346. The molecule has 74 valence electrons. The Balaban J connectivity index is 3.26. The number of rotatable bonds is 3. The first-order chi connectivity index (χ1) is 6.72. The van der Waals surface area contributed by atoms with Crippen molar-refractivity contribution >= 4 is 22.6 Å². The summed E-state index contributed by atoms with van der Waals surface area (Å²) in [7, 11) is 3.18. The average Bonchev–Trinajstić information content (AvgIpc) is 2.20. The molecular formula is C10H10INO2. The Labute approximate surface area is 96.8 Å². The highest BCUT2D eigenvalue weighted by atomic mass is 127. The molecule has 0 saturated carbocycles. The van der Waals surface area contributed by atoms with Crippen LogP contribution in [0.5, 0.6) is 11.5 Å². The predicted molar refractivity (Wildman–Crippen MR) is 61.6 cm³/mol. The van der Waals surface area contributed by atoms with E-state index in [-0.39, 0.29) is 0 Å². The SMILES string of the molecule is COc1cc(I)cc(OC)c1CC#N. The van der Waals surface area contributed by atoms with Crippen LogP contribution >= 0.6 is 22.6 Å². The van der Waals surface area contributed by atoms with Gasteiger partial charge in [0.15, 0.2) is 0 Å². The van der Waals surface area contributed by atoms with E-state index >= 15 is 0 Å². The van der Waals surface area contributed by atoms with E-state index in [0.29, 0.717) is 17.9 Å². The average molecular weight is 303 g/mol. The van der Waals surface area contributed by atoms with Crippen molar-refractivity contribution in [1.29, 1.82) is 5.26 Å². The van der Waals surface area contributed by atoms with E-state index in [4.69, 9.17) is 14.7 Å². The molecule has 1 aromatic rings. The van der Waals surface area contributed by atoms with E-state index in [0.717, 1.165) is 9.13 Å². The summed E-state index contributed by atoms with van der Waals surface area (Å²) >= 11 is 2.18. The molecular weight excluding hydrogens is 293 g/mol. The number of methoxy groups -OCH3 is 2. The molecule has 0 aliphatic heterocycles. The summed E-state index contributed by atoms with van der Waals surface area (Å²) < 4.78 is 11.4. The fourth-order valence-electron chi connectivity index (χ4n) is 1.21. The van der Waals surface area contributed by atoms with Crippen LogP contribution < -0.4 is 9.47 Å². The van der Waals surface area contributed by atoms with Gasteiger partial charge in [0.2, 0.25) is 0 Å². The van der Waals surface area contributed by atoms with E-state index in [1.165, 1.54) is 0 Å². The minimum atomic E-state index is 0.295. The highest BCUT2D eigenvalue weighted by molar-refractivity contribution is 14.1. The minimum absolute atomic E-state index is 0.295. The maximum atomic E-state index is 8.67. The van der Waals surface area contributed by atoms with Gasteiger partial charge in [0.1, 0.15) is 11.5 Å².